The monoisotopic (exact) mass is 244 g/mol. The standard InChI is InChI=1S/C14H25ClO/c1-11(2)12-4-3-7-14(8-5-12)10-13(15)6-9-16-14/h11-13H,3-10H2,1-2H3. The summed E-state index contributed by atoms with van der Waals surface area (Å²) in [6.45, 7) is 5.59. The summed E-state index contributed by atoms with van der Waals surface area (Å²) in [6, 6.07) is 0. The third-order valence-electron chi connectivity index (χ3n) is 4.55. The fourth-order valence-corrected chi connectivity index (χ4v) is 3.76. The van der Waals surface area contributed by atoms with Crippen molar-refractivity contribution in [3.05, 3.63) is 0 Å². The van der Waals surface area contributed by atoms with Gasteiger partial charge in [0.15, 0.2) is 0 Å². The molecule has 16 heavy (non-hydrogen) atoms. The van der Waals surface area contributed by atoms with Crippen LogP contribution >= 0.6 is 11.6 Å². The lowest BCUT2D eigenvalue weighted by Gasteiger charge is -2.39. The van der Waals surface area contributed by atoms with E-state index < -0.39 is 0 Å². The molecule has 94 valence electrons. The Morgan fingerprint density at radius 3 is 2.69 bits per heavy atom. The minimum Gasteiger partial charge on any atom is -0.375 e. The predicted octanol–water partition coefficient (Wildman–Crippen LogP) is 4.38. The number of alkyl halides is 1. The van der Waals surface area contributed by atoms with Crippen LogP contribution in [0.1, 0.15) is 58.8 Å². The van der Waals surface area contributed by atoms with Gasteiger partial charge in [0.1, 0.15) is 0 Å². The second kappa shape index (κ2) is 5.27. The zero-order valence-corrected chi connectivity index (χ0v) is 11.4. The summed E-state index contributed by atoms with van der Waals surface area (Å²) in [5.74, 6) is 1.73. The molecule has 0 aromatic heterocycles. The maximum absolute atomic E-state index is 6.31. The minimum absolute atomic E-state index is 0.147. The van der Waals surface area contributed by atoms with E-state index >= 15 is 0 Å². The van der Waals surface area contributed by atoms with Crippen LogP contribution < -0.4 is 0 Å². The third kappa shape index (κ3) is 2.92. The highest BCUT2D eigenvalue weighted by atomic mass is 35.5. The maximum Gasteiger partial charge on any atom is 0.0696 e. The van der Waals surface area contributed by atoms with Gasteiger partial charge in [-0.15, -0.1) is 11.6 Å². The van der Waals surface area contributed by atoms with Crippen molar-refractivity contribution < 1.29 is 4.74 Å². The lowest BCUT2D eigenvalue weighted by molar-refractivity contribution is -0.0864. The van der Waals surface area contributed by atoms with Gasteiger partial charge in [0.05, 0.1) is 5.60 Å². The van der Waals surface area contributed by atoms with Crippen LogP contribution in [0, 0.1) is 11.8 Å². The van der Waals surface area contributed by atoms with E-state index in [0.29, 0.717) is 5.38 Å². The van der Waals surface area contributed by atoms with Gasteiger partial charge in [0, 0.05) is 12.0 Å². The molecule has 1 nitrogen and oxygen atoms in total. The van der Waals surface area contributed by atoms with Crippen molar-refractivity contribution in [2.75, 3.05) is 6.61 Å². The molecule has 2 rings (SSSR count). The Labute approximate surface area is 105 Å². The van der Waals surface area contributed by atoms with Gasteiger partial charge in [0.2, 0.25) is 0 Å². The first-order valence-corrected chi connectivity index (χ1v) is 7.33. The highest BCUT2D eigenvalue weighted by Gasteiger charge is 2.38. The fraction of sp³-hybridized carbons (Fsp3) is 1.00. The summed E-state index contributed by atoms with van der Waals surface area (Å²) in [5, 5.41) is 0.351. The molecule has 2 aliphatic rings. The van der Waals surface area contributed by atoms with Crippen molar-refractivity contribution in [1.82, 2.24) is 0 Å². The van der Waals surface area contributed by atoms with Crippen molar-refractivity contribution in [3.8, 4) is 0 Å². The van der Waals surface area contributed by atoms with Crippen LogP contribution in [0.15, 0.2) is 0 Å². The molecule has 0 aromatic rings. The summed E-state index contributed by atoms with van der Waals surface area (Å²) < 4.78 is 6.10. The molecule has 1 saturated heterocycles. The molecule has 1 spiro atoms. The molecule has 1 aliphatic heterocycles. The Balaban J connectivity index is 1.96. The Morgan fingerprint density at radius 2 is 2.00 bits per heavy atom. The van der Waals surface area contributed by atoms with Gasteiger partial charge in [-0.2, -0.15) is 0 Å². The van der Waals surface area contributed by atoms with Gasteiger partial charge in [-0.3, -0.25) is 0 Å². The van der Waals surface area contributed by atoms with E-state index in [-0.39, 0.29) is 5.60 Å². The SMILES string of the molecule is CC(C)C1CCCC2(CC1)CC(Cl)CCO2. The Morgan fingerprint density at radius 1 is 1.19 bits per heavy atom. The summed E-state index contributed by atoms with van der Waals surface area (Å²) in [7, 11) is 0. The van der Waals surface area contributed by atoms with E-state index in [2.05, 4.69) is 13.8 Å². The molecule has 0 bridgehead atoms. The number of hydrogen-bond acceptors (Lipinski definition) is 1. The van der Waals surface area contributed by atoms with Crippen LogP contribution in [0.4, 0.5) is 0 Å². The van der Waals surface area contributed by atoms with Crippen molar-refractivity contribution in [2.45, 2.75) is 69.8 Å². The molecule has 2 fully saturated rings. The molecule has 0 radical (unpaired) electrons. The molecule has 1 saturated carbocycles. The molecule has 0 N–H and O–H groups in total. The zero-order valence-electron chi connectivity index (χ0n) is 10.7. The van der Waals surface area contributed by atoms with Crippen molar-refractivity contribution >= 4 is 11.6 Å². The number of ether oxygens (including phenoxy) is 1. The van der Waals surface area contributed by atoms with Crippen LogP contribution in [-0.4, -0.2) is 17.6 Å². The summed E-state index contributed by atoms with van der Waals surface area (Å²) in [6.07, 6.45) is 8.64. The van der Waals surface area contributed by atoms with E-state index in [0.717, 1.165) is 31.3 Å². The van der Waals surface area contributed by atoms with Crippen LogP contribution in [0.5, 0.6) is 0 Å². The Kier molecular flexibility index (Phi) is 4.18. The van der Waals surface area contributed by atoms with E-state index in [9.17, 15) is 0 Å². The second-order valence-corrected chi connectivity index (χ2v) is 6.67. The number of halogens is 1. The zero-order chi connectivity index (χ0) is 11.6. The van der Waals surface area contributed by atoms with E-state index in [1.165, 1.54) is 32.1 Å². The Bertz CT molecular complexity index is 229. The van der Waals surface area contributed by atoms with Gasteiger partial charge in [0.25, 0.3) is 0 Å². The lowest BCUT2D eigenvalue weighted by Crippen LogP contribution is -2.40. The molecule has 3 atom stereocenters. The first kappa shape index (κ1) is 12.7. The van der Waals surface area contributed by atoms with Gasteiger partial charge in [-0.1, -0.05) is 26.7 Å². The van der Waals surface area contributed by atoms with Gasteiger partial charge < -0.3 is 4.74 Å². The summed E-state index contributed by atoms with van der Waals surface area (Å²) >= 11 is 6.31. The summed E-state index contributed by atoms with van der Waals surface area (Å²) in [5.41, 5.74) is 0.147. The number of hydrogen-bond donors (Lipinski definition) is 0. The van der Waals surface area contributed by atoms with Crippen molar-refractivity contribution in [2.24, 2.45) is 11.8 Å². The molecule has 2 heteroatoms. The average molecular weight is 245 g/mol. The van der Waals surface area contributed by atoms with Crippen LogP contribution in [-0.2, 0) is 4.74 Å². The van der Waals surface area contributed by atoms with Crippen molar-refractivity contribution in [3.63, 3.8) is 0 Å². The van der Waals surface area contributed by atoms with Crippen LogP contribution in [0.25, 0.3) is 0 Å². The Hall–Kier alpha value is 0.250. The van der Waals surface area contributed by atoms with E-state index in [1.807, 2.05) is 0 Å². The van der Waals surface area contributed by atoms with Crippen molar-refractivity contribution in [1.29, 1.82) is 0 Å². The normalized spacial score (nSPS) is 41.2. The van der Waals surface area contributed by atoms with Gasteiger partial charge in [-0.25, -0.2) is 0 Å². The maximum atomic E-state index is 6.31. The fourth-order valence-electron chi connectivity index (χ4n) is 3.39. The highest BCUT2D eigenvalue weighted by Crippen LogP contribution is 2.41. The minimum atomic E-state index is 0.147. The van der Waals surface area contributed by atoms with Crippen LogP contribution in [0.2, 0.25) is 0 Å². The lowest BCUT2D eigenvalue weighted by atomic mass is 9.84. The third-order valence-corrected chi connectivity index (χ3v) is 4.93. The van der Waals surface area contributed by atoms with E-state index in [4.69, 9.17) is 16.3 Å². The first-order valence-electron chi connectivity index (χ1n) is 6.89. The smallest absolute Gasteiger partial charge is 0.0696 e. The van der Waals surface area contributed by atoms with Crippen LogP contribution in [0.3, 0.4) is 0 Å². The molecule has 1 heterocycles. The molecule has 0 amide bonds. The van der Waals surface area contributed by atoms with E-state index in [1.54, 1.807) is 0 Å². The number of rotatable bonds is 1. The topological polar surface area (TPSA) is 9.23 Å². The molecule has 1 aliphatic carbocycles. The molecule has 3 unspecified atom stereocenters. The quantitative estimate of drug-likeness (QED) is 0.622. The van der Waals surface area contributed by atoms with Gasteiger partial charge >= 0.3 is 0 Å². The molecule has 0 aromatic carbocycles. The largest absolute Gasteiger partial charge is 0.375 e. The highest BCUT2D eigenvalue weighted by molar-refractivity contribution is 6.20. The molecular weight excluding hydrogens is 220 g/mol. The average Bonchev–Trinajstić information content (AvgIpc) is 2.41. The first-order chi connectivity index (χ1) is 7.61. The molecular formula is C14H25ClO. The second-order valence-electron chi connectivity index (χ2n) is 6.06. The summed E-state index contributed by atoms with van der Waals surface area (Å²) in [4.78, 5) is 0. The van der Waals surface area contributed by atoms with Gasteiger partial charge in [-0.05, 0) is 43.9 Å². The predicted molar refractivity (Wildman–Crippen MR) is 69.0 cm³/mol.